The monoisotopic (exact) mass is 264 g/mol. The number of aliphatic carboxylic acids is 1. The molecule has 0 spiro atoms. The second-order valence-corrected chi connectivity index (χ2v) is 4.18. The minimum Gasteiger partial charge on any atom is -0.482 e. The van der Waals surface area contributed by atoms with Gasteiger partial charge in [0.2, 0.25) is 0 Å². The van der Waals surface area contributed by atoms with Crippen LogP contribution in [0, 0.1) is 0 Å². The summed E-state index contributed by atoms with van der Waals surface area (Å²) in [6, 6.07) is 5.40. The Kier molecular flexibility index (Phi) is 3.89. The molecular weight excluding hydrogens is 248 g/mol. The molecule has 0 saturated carbocycles. The maximum atomic E-state index is 11.7. The summed E-state index contributed by atoms with van der Waals surface area (Å²) in [5, 5.41) is 11.6. The van der Waals surface area contributed by atoms with E-state index >= 15 is 0 Å². The number of ether oxygens (including phenoxy) is 1. The Hall–Kier alpha value is -2.24. The maximum Gasteiger partial charge on any atom is 0.305 e. The molecular formula is C13H16N2O4. The normalized spacial score (nSPS) is 13.7. The predicted octanol–water partition coefficient (Wildman–Crippen LogP) is 1.32. The summed E-state index contributed by atoms with van der Waals surface area (Å²) in [6.45, 7) is 2.88. The van der Waals surface area contributed by atoms with Crippen molar-refractivity contribution in [3.63, 3.8) is 0 Å². The molecule has 1 amide bonds. The van der Waals surface area contributed by atoms with Gasteiger partial charge < -0.3 is 20.1 Å². The third-order valence-corrected chi connectivity index (χ3v) is 2.89. The minimum atomic E-state index is -0.848. The van der Waals surface area contributed by atoms with E-state index in [-0.39, 0.29) is 18.9 Å². The number of anilines is 2. The van der Waals surface area contributed by atoms with Gasteiger partial charge in [0, 0.05) is 18.8 Å². The average Bonchev–Trinajstić information content (AvgIpc) is 2.38. The highest BCUT2D eigenvalue weighted by atomic mass is 16.5. The van der Waals surface area contributed by atoms with Gasteiger partial charge >= 0.3 is 5.97 Å². The number of rotatable bonds is 5. The summed E-state index contributed by atoms with van der Waals surface area (Å²) in [5.41, 5.74) is 1.50. The molecule has 6 heteroatoms. The largest absolute Gasteiger partial charge is 0.482 e. The highest BCUT2D eigenvalue weighted by molar-refractivity contribution is 5.98. The molecule has 1 aliphatic rings. The Balaban J connectivity index is 2.14. The van der Waals surface area contributed by atoms with Gasteiger partial charge in [0.1, 0.15) is 5.75 Å². The molecule has 0 unspecified atom stereocenters. The second-order valence-electron chi connectivity index (χ2n) is 4.18. The van der Waals surface area contributed by atoms with Crippen LogP contribution in [0.2, 0.25) is 0 Å². The molecule has 6 nitrogen and oxygen atoms in total. The average molecular weight is 264 g/mol. The summed E-state index contributed by atoms with van der Waals surface area (Å²) in [5.74, 6) is -0.248. The molecule has 0 radical (unpaired) electrons. The molecule has 19 heavy (non-hydrogen) atoms. The summed E-state index contributed by atoms with van der Waals surface area (Å²) in [4.78, 5) is 23.8. The number of hydrogen-bond acceptors (Lipinski definition) is 4. The van der Waals surface area contributed by atoms with Gasteiger partial charge in [-0.1, -0.05) is 0 Å². The fourth-order valence-electron chi connectivity index (χ4n) is 1.97. The zero-order valence-electron chi connectivity index (χ0n) is 10.7. The van der Waals surface area contributed by atoms with Crippen LogP contribution in [0.25, 0.3) is 0 Å². The molecule has 0 aromatic heterocycles. The van der Waals surface area contributed by atoms with Crippen molar-refractivity contribution < 1.29 is 19.4 Å². The Morgan fingerprint density at radius 1 is 1.53 bits per heavy atom. The molecule has 1 aromatic rings. The summed E-state index contributed by atoms with van der Waals surface area (Å²) in [6.07, 6.45) is 0.0456. The van der Waals surface area contributed by atoms with E-state index in [9.17, 15) is 9.59 Å². The van der Waals surface area contributed by atoms with E-state index in [1.807, 2.05) is 13.0 Å². The van der Waals surface area contributed by atoms with Gasteiger partial charge in [-0.15, -0.1) is 0 Å². The van der Waals surface area contributed by atoms with Crippen molar-refractivity contribution in [2.24, 2.45) is 0 Å². The van der Waals surface area contributed by atoms with E-state index in [0.29, 0.717) is 18.8 Å². The molecule has 0 saturated heterocycles. The van der Waals surface area contributed by atoms with E-state index in [0.717, 1.165) is 11.4 Å². The number of carboxylic acid groups (broad SMARTS) is 1. The van der Waals surface area contributed by atoms with Crippen LogP contribution in [-0.4, -0.2) is 36.7 Å². The third kappa shape index (κ3) is 2.96. The van der Waals surface area contributed by atoms with E-state index < -0.39 is 5.97 Å². The molecule has 0 aliphatic carbocycles. The van der Waals surface area contributed by atoms with Crippen molar-refractivity contribution in [3.8, 4) is 5.75 Å². The van der Waals surface area contributed by atoms with Gasteiger partial charge in [-0.05, 0) is 25.1 Å². The number of hydrogen-bond donors (Lipinski definition) is 2. The number of amides is 1. The SMILES string of the molecule is CCN1C(=O)COc2ccc(NCCC(=O)O)cc21. The fraction of sp³-hybridized carbons (Fsp3) is 0.385. The second kappa shape index (κ2) is 5.60. The molecule has 1 aromatic carbocycles. The Labute approximate surface area is 111 Å². The maximum absolute atomic E-state index is 11.7. The Bertz CT molecular complexity index is 501. The standard InChI is InChI=1S/C13H16N2O4/c1-2-15-10-7-9(14-6-5-13(17)18)3-4-11(10)19-8-12(15)16/h3-4,7,14H,2,5-6,8H2,1H3,(H,17,18). The van der Waals surface area contributed by atoms with Crippen LogP contribution in [0.3, 0.4) is 0 Å². The lowest BCUT2D eigenvalue weighted by atomic mass is 10.2. The van der Waals surface area contributed by atoms with Gasteiger partial charge in [-0.2, -0.15) is 0 Å². The number of benzene rings is 1. The molecule has 1 aliphatic heterocycles. The van der Waals surface area contributed by atoms with Crippen LogP contribution < -0.4 is 15.0 Å². The van der Waals surface area contributed by atoms with Gasteiger partial charge in [0.25, 0.3) is 5.91 Å². The number of carbonyl (C=O) groups excluding carboxylic acids is 1. The zero-order chi connectivity index (χ0) is 13.8. The quantitative estimate of drug-likeness (QED) is 0.838. The smallest absolute Gasteiger partial charge is 0.305 e. The van der Waals surface area contributed by atoms with Crippen LogP contribution in [0.5, 0.6) is 5.75 Å². The minimum absolute atomic E-state index is 0.0456. The summed E-state index contributed by atoms with van der Waals surface area (Å²) in [7, 11) is 0. The highest BCUT2D eigenvalue weighted by Gasteiger charge is 2.24. The van der Waals surface area contributed by atoms with Crippen LogP contribution >= 0.6 is 0 Å². The number of likely N-dealkylation sites (N-methyl/N-ethyl adjacent to an activating group) is 1. The van der Waals surface area contributed by atoms with Crippen molar-refractivity contribution in [2.45, 2.75) is 13.3 Å². The molecule has 2 N–H and O–H groups in total. The van der Waals surface area contributed by atoms with Crippen molar-refractivity contribution in [2.75, 3.05) is 29.9 Å². The Morgan fingerprint density at radius 3 is 3.00 bits per heavy atom. The van der Waals surface area contributed by atoms with Crippen LogP contribution in [-0.2, 0) is 9.59 Å². The number of carbonyl (C=O) groups is 2. The van der Waals surface area contributed by atoms with Crippen molar-refractivity contribution in [3.05, 3.63) is 18.2 Å². The Morgan fingerprint density at radius 2 is 2.32 bits per heavy atom. The van der Waals surface area contributed by atoms with Gasteiger partial charge in [-0.3, -0.25) is 9.59 Å². The summed E-state index contributed by atoms with van der Waals surface area (Å²) < 4.78 is 5.35. The first-order valence-electron chi connectivity index (χ1n) is 6.14. The molecule has 102 valence electrons. The van der Waals surface area contributed by atoms with Crippen molar-refractivity contribution >= 4 is 23.3 Å². The first-order valence-corrected chi connectivity index (χ1v) is 6.14. The van der Waals surface area contributed by atoms with Gasteiger partial charge in [0.15, 0.2) is 6.61 Å². The molecule has 0 fully saturated rings. The van der Waals surface area contributed by atoms with E-state index in [1.54, 1.807) is 17.0 Å². The fourth-order valence-corrected chi connectivity index (χ4v) is 1.97. The van der Waals surface area contributed by atoms with Crippen LogP contribution in [0.15, 0.2) is 18.2 Å². The molecule has 2 rings (SSSR count). The lowest BCUT2D eigenvalue weighted by Crippen LogP contribution is -2.38. The zero-order valence-corrected chi connectivity index (χ0v) is 10.7. The van der Waals surface area contributed by atoms with Gasteiger partial charge in [0.05, 0.1) is 12.1 Å². The van der Waals surface area contributed by atoms with E-state index in [1.165, 1.54) is 0 Å². The molecule has 0 bridgehead atoms. The predicted molar refractivity (Wildman–Crippen MR) is 70.7 cm³/mol. The highest BCUT2D eigenvalue weighted by Crippen LogP contribution is 2.34. The van der Waals surface area contributed by atoms with E-state index in [2.05, 4.69) is 5.32 Å². The van der Waals surface area contributed by atoms with Crippen molar-refractivity contribution in [1.29, 1.82) is 0 Å². The third-order valence-electron chi connectivity index (χ3n) is 2.89. The molecule has 1 heterocycles. The number of nitrogens with one attached hydrogen (secondary N) is 1. The topological polar surface area (TPSA) is 78.9 Å². The first-order chi connectivity index (χ1) is 9.11. The summed E-state index contributed by atoms with van der Waals surface area (Å²) >= 11 is 0. The van der Waals surface area contributed by atoms with Gasteiger partial charge in [-0.25, -0.2) is 0 Å². The number of fused-ring (bicyclic) bond motifs is 1. The lowest BCUT2D eigenvalue weighted by molar-refractivity contribution is -0.136. The molecule has 0 atom stereocenters. The lowest BCUT2D eigenvalue weighted by Gasteiger charge is -2.28. The van der Waals surface area contributed by atoms with E-state index in [4.69, 9.17) is 9.84 Å². The van der Waals surface area contributed by atoms with Crippen molar-refractivity contribution in [1.82, 2.24) is 0 Å². The number of carboxylic acids is 1. The first kappa shape index (κ1) is 13.2. The number of nitrogens with zero attached hydrogens (tertiary/aromatic N) is 1. The van der Waals surface area contributed by atoms with Crippen LogP contribution in [0.4, 0.5) is 11.4 Å². The van der Waals surface area contributed by atoms with Crippen LogP contribution in [0.1, 0.15) is 13.3 Å².